The summed E-state index contributed by atoms with van der Waals surface area (Å²) in [4.78, 5) is 10.8. The fourth-order valence-corrected chi connectivity index (χ4v) is 2.37. The molecule has 16 heavy (non-hydrogen) atoms. The Bertz CT molecular complexity index is 511. The Kier molecular flexibility index (Phi) is 3.51. The van der Waals surface area contributed by atoms with Crippen molar-refractivity contribution in [3.63, 3.8) is 0 Å². The Balaban J connectivity index is 3.23. The summed E-state index contributed by atoms with van der Waals surface area (Å²) in [6.45, 7) is 1.92. The van der Waals surface area contributed by atoms with Crippen molar-refractivity contribution in [2.75, 3.05) is 12.3 Å². The Labute approximate surface area is 93.7 Å². The van der Waals surface area contributed by atoms with Crippen molar-refractivity contribution in [3.8, 4) is 0 Å². The van der Waals surface area contributed by atoms with E-state index in [0.29, 0.717) is 0 Å². The molecule has 0 bridgehead atoms. The molecule has 5 N–H and O–H groups in total. The van der Waals surface area contributed by atoms with Crippen LogP contribution in [0.25, 0.3) is 0 Å². The second kappa shape index (κ2) is 4.50. The highest BCUT2D eigenvalue weighted by Crippen LogP contribution is 2.19. The molecule has 0 saturated heterocycles. The van der Waals surface area contributed by atoms with E-state index in [9.17, 15) is 13.2 Å². The quantitative estimate of drug-likeness (QED) is 0.628. The summed E-state index contributed by atoms with van der Waals surface area (Å²) in [5, 5.41) is 0. The number of hydrogen-bond donors (Lipinski definition) is 3. The zero-order valence-electron chi connectivity index (χ0n) is 8.73. The normalized spacial score (nSPS) is 11.3. The molecule has 1 rings (SSSR count). The van der Waals surface area contributed by atoms with Gasteiger partial charge in [-0.15, -0.1) is 0 Å². The molecule has 0 aliphatic heterocycles. The third-order valence-electron chi connectivity index (χ3n) is 1.92. The first-order valence-corrected chi connectivity index (χ1v) is 6.05. The molecule has 1 aromatic rings. The molecule has 0 saturated carbocycles. The smallest absolute Gasteiger partial charge is 0.248 e. The van der Waals surface area contributed by atoms with E-state index < -0.39 is 15.9 Å². The Morgan fingerprint density at radius 3 is 2.50 bits per heavy atom. The lowest BCUT2D eigenvalue weighted by Gasteiger charge is -2.08. The summed E-state index contributed by atoms with van der Waals surface area (Å²) < 4.78 is 25.6. The average molecular weight is 243 g/mol. The van der Waals surface area contributed by atoms with E-state index in [1.165, 1.54) is 18.2 Å². The average Bonchev–Trinajstić information content (AvgIpc) is 2.16. The number of sulfonamides is 1. The van der Waals surface area contributed by atoms with Gasteiger partial charge in [0, 0.05) is 12.1 Å². The molecule has 0 aliphatic rings. The van der Waals surface area contributed by atoms with Gasteiger partial charge in [-0.25, -0.2) is 13.1 Å². The van der Waals surface area contributed by atoms with E-state index in [-0.39, 0.29) is 22.7 Å². The van der Waals surface area contributed by atoms with E-state index >= 15 is 0 Å². The lowest BCUT2D eigenvalue weighted by molar-refractivity contribution is 0.1000. The SMILES string of the molecule is CCNS(=O)(=O)c1ccc(C(N)=O)cc1N. The molecular formula is C9H13N3O3S. The van der Waals surface area contributed by atoms with E-state index in [0.717, 1.165) is 0 Å². The Hall–Kier alpha value is -1.60. The largest absolute Gasteiger partial charge is 0.398 e. The van der Waals surface area contributed by atoms with Crippen molar-refractivity contribution >= 4 is 21.6 Å². The number of rotatable bonds is 4. The highest BCUT2D eigenvalue weighted by Gasteiger charge is 2.17. The number of amides is 1. The van der Waals surface area contributed by atoms with Crippen LogP contribution in [0.4, 0.5) is 5.69 Å². The molecular weight excluding hydrogens is 230 g/mol. The number of nitrogen functional groups attached to an aromatic ring is 1. The van der Waals surface area contributed by atoms with Crippen LogP contribution in [0.1, 0.15) is 17.3 Å². The van der Waals surface area contributed by atoms with E-state index in [1.54, 1.807) is 6.92 Å². The summed E-state index contributed by atoms with van der Waals surface area (Å²) in [5.74, 6) is -0.654. The maximum Gasteiger partial charge on any atom is 0.248 e. The summed E-state index contributed by atoms with van der Waals surface area (Å²) in [7, 11) is -3.61. The Morgan fingerprint density at radius 2 is 2.06 bits per heavy atom. The molecule has 7 heteroatoms. The van der Waals surface area contributed by atoms with Gasteiger partial charge in [-0.1, -0.05) is 6.92 Å². The molecule has 0 unspecified atom stereocenters. The third kappa shape index (κ3) is 2.50. The maximum atomic E-state index is 11.6. The van der Waals surface area contributed by atoms with Gasteiger partial charge in [-0.3, -0.25) is 4.79 Å². The van der Waals surface area contributed by atoms with Crippen molar-refractivity contribution in [2.24, 2.45) is 5.73 Å². The number of carbonyl (C=O) groups is 1. The molecule has 88 valence electrons. The summed E-state index contributed by atoms with van der Waals surface area (Å²) in [5.41, 5.74) is 10.8. The predicted octanol–water partition coefficient (Wildman–Crippen LogP) is -0.334. The van der Waals surface area contributed by atoms with E-state index in [1.807, 2.05) is 0 Å². The van der Waals surface area contributed by atoms with Gasteiger partial charge in [0.15, 0.2) is 0 Å². The monoisotopic (exact) mass is 243 g/mol. The highest BCUT2D eigenvalue weighted by atomic mass is 32.2. The lowest BCUT2D eigenvalue weighted by Crippen LogP contribution is -2.24. The van der Waals surface area contributed by atoms with Crippen LogP contribution in [0.3, 0.4) is 0 Å². The van der Waals surface area contributed by atoms with Gasteiger partial charge in [-0.2, -0.15) is 0 Å². The standard InChI is InChI=1S/C9H13N3O3S/c1-2-12-16(14,15)8-4-3-6(9(11)13)5-7(8)10/h3-5,12H,2,10H2,1H3,(H2,11,13). The van der Waals surface area contributed by atoms with Crippen LogP contribution >= 0.6 is 0 Å². The molecule has 1 aromatic carbocycles. The van der Waals surface area contributed by atoms with E-state index in [2.05, 4.69) is 4.72 Å². The van der Waals surface area contributed by atoms with Crippen molar-refractivity contribution in [1.29, 1.82) is 0 Å². The first kappa shape index (κ1) is 12.5. The second-order valence-corrected chi connectivity index (χ2v) is 4.85. The van der Waals surface area contributed by atoms with Gasteiger partial charge in [0.25, 0.3) is 0 Å². The van der Waals surface area contributed by atoms with Crippen molar-refractivity contribution in [3.05, 3.63) is 23.8 Å². The molecule has 0 fully saturated rings. The molecule has 0 aromatic heterocycles. The number of anilines is 1. The van der Waals surface area contributed by atoms with Gasteiger partial charge in [0.2, 0.25) is 15.9 Å². The molecule has 0 aliphatic carbocycles. The van der Waals surface area contributed by atoms with Gasteiger partial charge in [0.1, 0.15) is 4.90 Å². The number of nitrogens with two attached hydrogens (primary N) is 2. The molecule has 0 atom stereocenters. The van der Waals surface area contributed by atoms with Gasteiger partial charge >= 0.3 is 0 Å². The van der Waals surface area contributed by atoms with Crippen LogP contribution in [0.5, 0.6) is 0 Å². The minimum absolute atomic E-state index is 0.00255. The van der Waals surface area contributed by atoms with Crippen LogP contribution in [0.2, 0.25) is 0 Å². The molecule has 0 spiro atoms. The van der Waals surface area contributed by atoms with Crippen LogP contribution in [-0.2, 0) is 10.0 Å². The fourth-order valence-electron chi connectivity index (χ4n) is 1.21. The topological polar surface area (TPSA) is 115 Å². The highest BCUT2D eigenvalue weighted by molar-refractivity contribution is 7.89. The Morgan fingerprint density at radius 1 is 1.44 bits per heavy atom. The number of benzene rings is 1. The van der Waals surface area contributed by atoms with Crippen LogP contribution in [0.15, 0.2) is 23.1 Å². The number of nitrogens with one attached hydrogen (secondary N) is 1. The minimum Gasteiger partial charge on any atom is -0.398 e. The summed E-state index contributed by atoms with van der Waals surface area (Å²) in [6, 6.07) is 3.82. The van der Waals surface area contributed by atoms with Crippen LogP contribution < -0.4 is 16.2 Å². The van der Waals surface area contributed by atoms with E-state index in [4.69, 9.17) is 11.5 Å². The summed E-state index contributed by atoms with van der Waals surface area (Å²) >= 11 is 0. The number of primary amides is 1. The van der Waals surface area contributed by atoms with Crippen LogP contribution in [-0.4, -0.2) is 20.9 Å². The van der Waals surface area contributed by atoms with Crippen molar-refractivity contribution in [2.45, 2.75) is 11.8 Å². The molecule has 0 radical (unpaired) electrons. The van der Waals surface area contributed by atoms with Crippen molar-refractivity contribution < 1.29 is 13.2 Å². The van der Waals surface area contributed by atoms with Crippen LogP contribution in [0, 0.1) is 0 Å². The first-order chi connectivity index (χ1) is 7.38. The summed E-state index contributed by atoms with van der Waals surface area (Å²) in [6.07, 6.45) is 0. The fraction of sp³-hybridized carbons (Fsp3) is 0.222. The van der Waals surface area contributed by atoms with Gasteiger partial charge < -0.3 is 11.5 Å². The first-order valence-electron chi connectivity index (χ1n) is 4.57. The minimum atomic E-state index is -3.61. The predicted molar refractivity (Wildman–Crippen MR) is 60.2 cm³/mol. The maximum absolute atomic E-state index is 11.6. The third-order valence-corrected chi connectivity index (χ3v) is 3.54. The van der Waals surface area contributed by atoms with Gasteiger partial charge in [0.05, 0.1) is 5.69 Å². The zero-order chi connectivity index (χ0) is 12.3. The van der Waals surface area contributed by atoms with Gasteiger partial charge in [-0.05, 0) is 18.2 Å². The second-order valence-electron chi connectivity index (χ2n) is 3.12. The molecule has 0 heterocycles. The lowest BCUT2D eigenvalue weighted by atomic mass is 10.2. The van der Waals surface area contributed by atoms with Crippen molar-refractivity contribution in [1.82, 2.24) is 4.72 Å². The number of hydrogen-bond acceptors (Lipinski definition) is 4. The molecule has 6 nitrogen and oxygen atoms in total. The number of carbonyl (C=O) groups excluding carboxylic acids is 1. The zero-order valence-corrected chi connectivity index (χ0v) is 9.54. The molecule has 1 amide bonds.